The Labute approximate surface area is 156 Å². The normalized spacial score (nSPS) is 18.6. The van der Waals surface area contributed by atoms with Crippen LogP contribution in [0.5, 0.6) is 0 Å². The minimum atomic E-state index is -0.215. The van der Waals surface area contributed by atoms with E-state index < -0.39 is 0 Å². The SMILES string of the molecule is Cc1cc(F)ccc1C1=CCCn2nc(N[C@@H]3CCc4[nH]ncc4C3)nc21. The Morgan fingerprint density at radius 1 is 1.33 bits per heavy atom. The van der Waals surface area contributed by atoms with Crippen LogP contribution in [0.1, 0.15) is 41.1 Å². The van der Waals surface area contributed by atoms with Crippen molar-refractivity contribution in [3.8, 4) is 0 Å². The van der Waals surface area contributed by atoms with Gasteiger partial charge in [-0.15, -0.1) is 5.10 Å². The van der Waals surface area contributed by atoms with Gasteiger partial charge in [0.2, 0.25) is 5.95 Å². The van der Waals surface area contributed by atoms with Gasteiger partial charge in [-0.3, -0.25) is 5.10 Å². The van der Waals surface area contributed by atoms with Crippen LogP contribution >= 0.6 is 0 Å². The van der Waals surface area contributed by atoms with Gasteiger partial charge >= 0.3 is 0 Å². The Bertz CT molecular complexity index is 1030. The van der Waals surface area contributed by atoms with Gasteiger partial charge in [-0.1, -0.05) is 12.1 Å². The molecule has 3 aromatic rings. The van der Waals surface area contributed by atoms with Crippen molar-refractivity contribution >= 4 is 11.5 Å². The quantitative estimate of drug-likeness (QED) is 0.748. The van der Waals surface area contributed by atoms with Crippen molar-refractivity contribution in [1.82, 2.24) is 25.0 Å². The summed E-state index contributed by atoms with van der Waals surface area (Å²) in [7, 11) is 0. The molecule has 2 aliphatic rings. The maximum atomic E-state index is 13.5. The summed E-state index contributed by atoms with van der Waals surface area (Å²) in [5, 5.41) is 15.4. The monoisotopic (exact) mass is 364 g/mol. The molecule has 27 heavy (non-hydrogen) atoms. The van der Waals surface area contributed by atoms with E-state index in [1.54, 1.807) is 6.07 Å². The molecule has 0 radical (unpaired) electrons. The first-order valence-corrected chi connectivity index (χ1v) is 9.37. The van der Waals surface area contributed by atoms with Crippen LogP contribution in [0.2, 0.25) is 0 Å². The third-order valence-corrected chi connectivity index (χ3v) is 5.43. The van der Waals surface area contributed by atoms with E-state index in [1.165, 1.54) is 17.3 Å². The second kappa shape index (κ2) is 6.33. The van der Waals surface area contributed by atoms with Crippen LogP contribution in [0, 0.1) is 12.7 Å². The van der Waals surface area contributed by atoms with E-state index in [2.05, 4.69) is 26.7 Å². The zero-order valence-corrected chi connectivity index (χ0v) is 15.2. The molecule has 1 atom stereocenters. The number of fused-ring (bicyclic) bond motifs is 2. The minimum absolute atomic E-state index is 0.215. The molecular weight excluding hydrogens is 343 g/mol. The second-order valence-corrected chi connectivity index (χ2v) is 7.31. The number of halogens is 1. The Kier molecular flexibility index (Phi) is 3.81. The summed E-state index contributed by atoms with van der Waals surface area (Å²) in [6.45, 7) is 2.74. The van der Waals surface area contributed by atoms with Crippen LogP contribution in [0.15, 0.2) is 30.5 Å². The largest absolute Gasteiger partial charge is 0.350 e. The topological polar surface area (TPSA) is 71.4 Å². The minimum Gasteiger partial charge on any atom is -0.350 e. The number of hydrogen-bond acceptors (Lipinski definition) is 4. The highest BCUT2D eigenvalue weighted by Gasteiger charge is 2.24. The first kappa shape index (κ1) is 16.2. The molecule has 2 aromatic heterocycles. The van der Waals surface area contributed by atoms with E-state index in [0.29, 0.717) is 12.0 Å². The van der Waals surface area contributed by atoms with Gasteiger partial charge in [0.15, 0.2) is 5.82 Å². The number of anilines is 1. The van der Waals surface area contributed by atoms with Crippen LogP contribution < -0.4 is 5.32 Å². The number of hydrogen-bond donors (Lipinski definition) is 2. The Hall–Kier alpha value is -2.96. The molecule has 1 aromatic carbocycles. The number of rotatable bonds is 3. The van der Waals surface area contributed by atoms with Crippen molar-refractivity contribution < 1.29 is 4.39 Å². The number of aromatic nitrogens is 5. The standard InChI is InChI=1S/C20H21FN6/c1-12-9-14(21)4-6-16(12)17-3-2-8-27-19(17)24-20(26-27)23-15-5-7-18-13(10-15)11-22-25-18/h3-4,6,9,11,15H,2,5,7-8,10H2,1H3,(H,22,25)(H,23,26)/t15-/m1/s1. The summed E-state index contributed by atoms with van der Waals surface area (Å²) < 4.78 is 15.4. The fraction of sp³-hybridized carbons (Fsp3) is 0.350. The van der Waals surface area contributed by atoms with Gasteiger partial charge in [0.25, 0.3) is 0 Å². The molecule has 6 nitrogen and oxygen atoms in total. The molecule has 0 saturated heterocycles. The molecule has 0 fully saturated rings. The highest BCUT2D eigenvalue weighted by atomic mass is 19.1. The Morgan fingerprint density at radius 2 is 2.26 bits per heavy atom. The number of nitrogens with zero attached hydrogens (tertiary/aromatic N) is 4. The van der Waals surface area contributed by atoms with Crippen molar-refractivity contribution in [2.45, 2.75) is 45.2 Å². The summed E-state index contributed by atoms with van der Waals surface area (Å²) >= 11 is 0. The van der Waals surface area contributed by atoms with Gasteiger partial charge < -0.3 is 5.32 Å². The molecular formula is C20H21FN6. The van der Waals surface area contributed by atoms with E-state index in [4.69, 9.17) is 4.98 Å². The average molecular weight is 364 g/mol. The Morgan fingerprint density at radius 3 is 3.15 bits per heavy atom. The summed E-state index contributed by atoms with van der Waals surface area (Å²) in [6, 6.07) is 5.20. The van der Waals surface area contributed by atoms with Crippen LogP contribution in [-0.4, -0.2) is 31.0 Å². The maximum Gasteiger partial charge on any atom is 0.242 e. The average Bonchev–Trinajstić information content (AvgIpc) is 3.27. The molecule has 1 aliphatic carbocycles. The zero-order chi connectivity index (χ0) is 18.4. The molecule has 0 bridgehead atoms. The number of allylic oxidation sites excluding steroid dienone is 1. The van der Waals surface area contributed by atoms with Crippen LogP contribution in [0.25, 0.3) is 5.57 Å². The van der Waals surface area contributed by atoms with Crippen molar-refractivity contribution in [2.75, 3.05) is 5.32 Å². The van der Waals surface area contributed by atoms with Gasteiger partial charge in [-0.25, -0.2) is 9.07 Å². The van der Waals surface area contributed by atoms with Crippen molar-refractivity contribution in [3.05, 3.63) is 64.5 Å². The second-order valence-electron chi connectivity index (χ2n) is 7.31. The lowest BCUT2D eigenvalue weighted by molar-refractivity contribution is 0.587. The first-order valence-electron chi connectivity index (χ1n) is 9.37. The highest BCUT2D eigenvalue weighted by molar-refractivity contribution is 5.79. The number of aryl methyl sites for hydroxylation is 3. The lowest BCUT2D eigenvalue weighted by Gasteiger charge is -2.21. The lowest BCUT2D eigenvalue weighted by atomic mass is 9.94. The predicted molar refractivity (Wildman–Crippen MR) is 101 cm³/mol. The molecule has 0 unspecified atom stereocenters. The Balaban J connectivity index is 1.41. The van der Waals surface area contributed by atoms with Gasteiger partial charge in [-0.05, 0) is 61.4 Å². The van der Waals surface area contributed by atoms with Crippen molar-refractivity contribution in [2.24, 2.45) is 0 Å². The summed E-state index contributed by atoms with van der Waals surface area (Å²) in [5.74, 6) is 1.29. The van der Waals surface area contributed by atoms with E-state index in [9.17, 15) is 4.39 Å². The smallest absolute Gasteiger partial charge is 0.242 e. The van der Waals surface area contributed by atoms with Crippen LogP contribution in [0.4, 0.5) is 10.3 Å². The van der Waals surface area contributed by atoms with Gasteiger partial charge in [0.05, 0.1) is 6.20 Å². The van der Waals surface area contributed by atoms with Gasteiger partial charge in [0, 0.05) is 23.9 Å². The summed E-state index contributed by atoms with van der Waals surface area (Å²) in [6.07, 6.45) is 7.91. The molecule has 2 N–H and O–H groups in total. The molecule has 7 heteroatoms. The van der Waals surface area contributed by atoms with Crippen LogP contribution in [0.3, 0.4) is 0 Å². The maximum absolute atomic E-state index is 13.5. The molecule has 1 aliphatic heterocycles. The number of nitrogens with one attached hydrogen (secondary N) is 2. The predicted octanol–water partition coefficient (Wildman–Crippen LogP) is 3.25. The highest BCUT2D eigenvalue weighted by Crippen LogP contribution is 2.30. The molecule has 138 valence electrons. The van der Waals surface area contributed by atoms with Gasteiger partial charge in [0.1, 0.15) is 5.82 Å². The first-order chi connectivity index (χ1) is 13.2. The fourth-order valence-electron chi connectivity index (χ4n) is 4.06. The molecule has 0 saturated carbocycles. The third kappa shape index (κ3) is 2.93. The number of H-pyrrole nitrogens is 1. The number of aromatic amines is 1. The third-order valence-electron chi connectivity index (χ3n) is 5.43. The zero-order valence-electron chi connectivity index (χ0n) is 15.2. The molecule has 3 heterocycles. The fourth-order valence-corrected chi connectivity index (χ4v) is 4.06. The number of benzene rings is 1. The molecule has 0 amide bonds. The van der Waals surface area contributed by atoms with Gasteiger partial charge in [-0.2, -0.15) is 10.1 Å². The van der Waals surface area contributed by atoms with Crippen molar-refractivity contribution in [3.63, 3.8) is 0 Å². The van der Waals surface area contributed by atoms with Crippen LogP contribution in [-0.2, 0) is 19.4 Å². The summed E-state index contributed by atoms with van der Waals surface area (Å²) in [4.78, 5) is 4.77. The molecule has 5 rings (SSSR count). The summed E-state index contributed by atoms with van der Waals surface area (Å²) in [5.41, 5.74) is 5.46. The van der Waals surface area contributed by atoms with E-state index in [1.807, 2.05) is 23.9 Å². The van der Waals surface area contributed by atoms with Crippen molar-refractivity contribution in [1.29, 1.82) is 0 Å². The van der Waals surface area contributed by atoms with E-state index in [-0.39, 0.29) is 5.82 Å². The van der Waals surface area contributed by atoms with E-state index >= 15 is 0 Å². The lowest BCUT2D eigenvalue weighted by Crippen LogP contribution is -2.27. The van der Waals surface area contributed by atoms with E-state index in [0.717, 1.165) is 54.8 Å². The molecule has 0 spiro atoms.